The lowest BCUT2D eigenvalue weighted by molar-refractivity contribution is 0.112. The number of piperidine rings is 1. The first kappa shape index (κ1) is 15.7. The third kappa shape index (κ3) is 3.71. The zero-order valence-corrected chi connectivity index (χ0v) is 14.6. The van der Waals surface area contributed by atoms with Crippen molar-refractivity contribution in [3.63, 3.8) is 0 Å². The van der Waals surface area contributed by atoms with E-state index in [1.807, 2.05) is 0 Å². The van der Waals surface area contributed by atoms with Crippen LogP contribution in [-0.4, -0.2) is 49.6 Å². The molecule has 0 saturated carbocycles. The first-order valence-corrected chi connectivity index (χ1v) is 8.57. The van der Waals surface area contributed by atoms with Gasteiger partial charge in [0.25, 0.3) is 0 Å². The summed E-state index contributed by atoms with van der Waals surface area (Å²) in [5.74, 6) is 0. The fraction of sp³-hybridized carbons (Fsp3) is 0.692. The van der Waals surface area contributed by atoms with Crippen LogP contribution in [0.1, 0.15) is 23.8 Å². The van der Waals surface area contributed by atoms with E-state index in [4.69, 9.17) is 17.3 Å². The van der Waals surface area contributed by atoms with E-state index in [2.05, 4.69) is 45.9 Å². The lowest BCUT2D eigenvalue weighted by Gasteiger charge is -2.38. The Balaban J connectivity index is 2.03. The van der Waals surface area contributed by atoms with Crippen molar-refractivity contribution in [1.82, 2.24) is 9.80 Å². The van der Waals surface area contributed by atoms with Gasteiger partial charge in [0.2, 0.25) is 0 Å². The van der Waals surface area contributed by atoms with E-state index in [1.54, 1.807) is 11.3 Å². The van der Waals surface area contributed by atoms with Crippen molar-refractivity contribution in [3.8, 4) is 0 Å². The van der Waals surface area contributed by atoms with Gasteiger partial charge in [0.05, 0.1) is 6.04 Å². The molecule has 2 N–H and O–H groups in total. The fourth-order valence-electron chi connectivity index (χ4n) is 2.69. The number of hydrogen-bond acceptors (Lipinski definition) is 4. The third-order valence-electron chi connectivity index (χ3n) is 3.89. The topological polar surface area (TPSA) is 32.5 Å². The quantitative estimate of drug-likeness (QED) is 0.888. The molecule has 0 aliphatic carbocycles. The number of halogens is 2. The molecule has 0 aromatic carbocycles. The van der Waals surface area contributed by atoms with E-state index >= 15 is 0 Å². The Kier molecular flexibility index (Phi) is 5.69. The Morgan fingerprint density at radius 2 is 2.16 bits per heavy atom. The zero-order valence-electron chi connectivity index (χ0n) is 11.4. The molecule has 1 aliphatic heterocycles. The van der Waals surface area contributed by atoms with Crippen LogP contribution in [0.15, 0.2) is 10.5 Å². The highest BCUT2D eigenvalue weighted by Crippen LogP contribution is 2.37. The van der Waals surface area contributed by atoms with Gasteiger partial charge in [-0.15, -0.1) is 11.3 Å². The molecule has 1 atom stereocenters. The summed E-state index contributed by atoms with van der Waals surface area (Å²) in [6.07, 6.45) is 2.42. The molecule has 0 amide bonds. The molecule has 0 spiro atoms. The van der Waals surface area contributed by atoms with Gasteiger partial charge in [-0.3, -0.25) is 4.90 Å². The molecule has 1 aromatic heterocycles. The van der Waals surface area contributed by atoms with Gasteiger partial charge in [-0.05, 0) is 48.9 Å². The van der Waals surface area contributed by atoms with Crippen molar-refractivity contribution in [2.75, 3.05) is 33.7 Å². The summed E-state index contributed by atoms with van der Waals surface area (Å²) in [4.78, 5) is 6.09. The molecule has 1 fully saturated rings. The number of nitrogens with two attached hydrogens (primary N) is 1. The fourth-order valence-corrected chi connectivity index (χ4v) is 4.57. The van der Waals surface area contributed by atoms with Gasteiger partial charge in [-0.1, -0.05) is 11.6 Å². The Morgan fingerprint density at radius 3 is 2.58 bits per heavy atom. The van der Waals surface area contributed by atoms with Crippen LogP contribution >= 0.6 is 38.9 Å². The smallest absolute Gasteiger partial charge is 0.107 e. The van der Waals surface area contributed by atoms with Crippen LogP contribution in [0, 0.1) is 0 Å². The Labute approximate surface area is 132 Å². The first-order valence-electron chi connectivity index (χ1n) is 6.58. The molecule has 1 aromatic rings. The van der Waals surface area contributed by atoms with E-state index in [0.29, 0.717) is 18.6 Å². The first-order chi connectivity index (χ1) is 9.02. The predicted molar refractivity (Wildman–Crippen MR) is 87.1 cm³/mol. The van der Waals surface area contributed by atoms with Crippen LogP contribution in [0.3, 0.4) is 0 Å². The number of rotatable bonds is 4. The maximum absolute atomic E-state index is 6.14. The summed E-state index contributed by atoms with van der Waals surface area (Å²) in [5, 5.41) is 0. The number of nitrogens with zero attached hydrogens (tertiary/aromatic N) is 2. The molecule has 19 heavy (non-hydrogen) atoms. The van der Waals surface area contributed by atoms with Crippen LogP contribution < -0.4 is 5.73 Å². The van der Waals surface area contributed by atoms with Crippen molar-refractivity contribution in [1.29, 1.82) is 0 Å². The van der Waals surface area contributed by atoms with Crippen LogP contribution in [-0.2, 0) is 0 Å². The average molecular weight is 367 g/mol. The minimum Gasteiger partial charge on any atom is -0.329 e. The van der Waals surface area contributed by atoms with Crippen LogP contribution in [0.4, 0.5) is 0 Å². The minimum atomic E-state index is 0.303. The van der Waals surface area contributed by atoms with E-state index in [9.17, 15) is 0 Å². The Morgan fingerprint density at radius 1 is 1.53 bits per heavy atom. The van der Waals surface area contributed by atoms with E-state index in [0.717, 1.165) is 21.9 Å². The average Bonchev–Trinajstić information content (AvgIpc) is 2.71. The van der Waals surface area contributed by atoms with Gasteiger partial charge in [0.15, 0.2) is 0 Å². The molecule has 2 heterocycles. The van der Waals surface area contributed by atoms with Crippen molar-refractivity contribution < 1.29 is 0 Å². The van der Waals surface area contributed by atoms with Crippen molar-refractivity contribution >= 4 is 38.9 Å². The highest BCUT2D eigenvalue weighted by atomic mass is 79.9. The monoisotopic (exact) mass is 365 g/mol. The molecule has 1 unspecified atom stereocenters. The zero-order chi connectivity index (χ0) is 14.0. The van der Waals surface area contributed by atoms with Crippen LogP contribution in [0.2, 0.25) is 4.34 Å². The number of likely N-dealkylation sites (tertiary alicyclic amines) is 1. The summed E-state index contributed by atoms with van der Waals surface area (Å²) < 4.78 is 1.80. The summed E-state index contributed by atoms with van der Waals surface area (Å²) in [6.45, 7) is 2.87. The largest absolute Gasteiger partial charge is 0.329 e. The second kappa shape index (κ2) is 6.87. The van der Waals surface area contributed by atoms with Gasteiger partial charge in [-0.2, -0.15) is 0 Å². The molecule has 108 valence electrons. The standard InChI is InChI=1S/C13H21BrClN3S/c1-17(2)9-3-5-18(6-4-9)11(8-16)12-7-10(14)13(15)19-12/h7,9,11H,3-6,8,16H2,1-2H3. The number of thiophene rings is 1. The summed E-state index contributed by atoms with van der Waals surface area (Å²) in [5.41, 5.74) is 5.99. The molecule has 0 radical (unpaired) electrons. The van der Waals surface area contributed by atoms with E-state index < -0.39 is 0 Å². The van der Waals surface area contributed by atoms with Crippen molar-refractivity contribution in [3.05, 3.63) is 19.8 Å². The van der Waals surface area contributed by atoms with E-state index in [-0.39, 0.29) is 0 Å². The van der Waals surface area contributed by atoms with Gasteiger partial charge in [0.1, 0.15) is 4.34 Å². The van der Waals surface area contributed by atoms with Crippen molar-refractivity contribution in [2.24, 2.45) is 5.73 Å². The molecule has 0 bridgehead atoms. The highest BCUT2D eigenvalue weighted by molar-refractivity contribution is 9.10. The molecule has 2 rings (SSSR count). The minimum absolute atomic E-state index is 0.303. The molecule has 1 saturated heterocycles. The second-order valence-electron chi connectivity index (χ2n) is 5.25. The molecular formula is C13H21BrClN3S. The van der Waals surface area contributed by atoms with Crippen molar-refractivity contribution in [2.45, 2.75) is 24.9 Å². The normalized spacial score (nSPS) is 20.1. The van der Waals surface area contributed by atoms with Crippen LogP contribution in [0.25, 0.3) is 0 Å². The highest BCUT2D eigenvalue weighted by Gasteiger charge is 2.27. The Hall–Kier alpha value is 0.350. The van der Waals surface area contributed by atoms with Crippen LogP contribution in [0.5, 0.6) is 0 Å². The van der Waals surface area contributed by atoms with Gasteiger partial charge in [-0.25, -0.2) is 0 Å². The predicted octanol–water partition coefficient (Wildman–Crippen LogP) is 3.19. The maximum atomic E-state index is 6.14. The van der Waals surface area contributed by atoms with E-state index in [1.165, 1.54) is 17.7 Å². The lowest BCUT2D eigenvalue weighted by atomic mass is 10.0. The number of hydrogen-bond donors (Lipinski definition) is 1. The van der Waals surface area contributed by atoms with Gasteiger partial charge in [0, 0.05) is 35.0 Å². The molecule has 1 aliphatic rings. The van der Waals surface area contributed by atoms with Gasteiger partial charge < -0.3 is 10.6 Å². The Bertz CT molecular complexity index is 397. The maximum Gasteiger partial charge on any atom is 0.107 e. The SMILES string of the molecule is CN(C)C1CCN(C(CN)c2cc(Br)c(Cl)s2)CC1. The summed E-state index contributed by atoms with van der Waals surface area (Å²) in [6, 6.07) is 3.12. The molecular weight excluding hydrogens is 346 g/mol. The van der Waals surface area contributed by atoms with Gasteiger partial charge >= 0.3 is 0 Å². The third-order valence-corrected chi connectivity index (χ3v) is 6.46. The molecule has 6 heteroatoms. The lowest BCUT2D eigenvalue weighted by Crippen LogP contribution is -2.44. The molecule has 3 nitrogen and oxygen atoms in total. The summed E-state index contributed by atoms with van der Waals surface area (Å²) in [7, 11) is 4.33. The second-order valence-corrected chi connectivity index (χ2v) is 7.79. The summed E-state index contributed by atoms with van der Waals surface area (Å²) >= 11 is 11.3.